The molecule has 3 aromatic rings. The maximum absolute atomic E-state index is 7.32. The van der Waals surface area contributed by atoms with E-state index < -0.39 is 0 Å². The normalized spacial score (nSPS) is 10.4. The summed E-state index contributed by atoms with van der Waals surface area (Å²) in [5.41, 5.74) is 6.82. The second kappa shape index (κ2) is 4.97. The van der Waals surface area contributed by atoms with Crippen LogP contribution in [0.2, 0.25) is 0 Å². The van der Waals surface area contributed by atoms with E-state index in [2.05, 4.69) is 9.97 Å². The molecule has 0 aliphatic carbocycles. The van der Waals surface area contributed by atoms with Crippen molar-refractivity contribution in [2.75, 3.05) is 0 Å². The van der Waals surface area contributed by atoms with Crippen LogP contribution in [0.25, 0.3) is 10.9 Å². The highest BCUT2D eigenvalue weighted by atomic mass is 16.5. The summed E-state index contributed by atoms with van der Waals surface area (Å²) in [4.78, 5) is 8.41. The molecule has 5 nitrogen and oxygen atoms in total. The molecule has 2 heterocycles. The van der Waals surface area contributed by atoms with Gasteiger partial charge in [-0.2, -0.15) is 0 Å². The van der Waals surface area contributed by atoms with Gasteiger partial charge in [0.2, 0.25) is 5.88 Å². The van der Waals surface area contributed by atoms with E-state index in [9.17, 15) is 0 Å². The summed E-state index contributed by atoms with van der Waals surface area (Å²) in [6, 6.07) is 12.9. The maximum atomic E-state index is 7.32. The zero-order chi connectivity index (χ0) is 13.9. The predicted octanol–water partition coefficient (Wildman–Crippen LogP) is 2.71. The van der Waals surface area contributed by atoms with E-state index in [-0.39, 0.29) is 5.84 Å². The first-order chi connectivity index (χ1) is 9.74. The van der Waals surface area contributed by atoms with Crippen molar-refractivity contribution < 1.29 is 4.74 Å². The van der Waals surface area contributed by atoms with Crippen LogP contribution < -0.4 is 10.5 Å². The fourth-order valence-corrected chi connectivity index (χ4v) is 1.88. The fourth-order valence-electron chi connectivity index (χ4n) is 1.88. The number of nitrogen functional groups attached to an aromatic ring is 1. The fraction of sp³-hybridized carbons (Fsp3) is 0. The Kier molecular flexibility index (Phi) is 3.01. The molecular formula is C15H12N4O. The lowest BCUT2D eigenvalue weighted by molar-refractivity contribution is 0.468. The Hall–Kier alpha value is -2.95. The van der Waals surface area contributed by atoms with Crippen molar-refractivity contribution in [2.45, 2.75) is 0 Å². The van der Waals surface area contributed by atoms with Gasteiger partial charge in [0.05, 0.1) is 5.52 Å². The van der Waals surface area contributed by atoms with Gasteiger partial charge in [0, 0.05) is 29.4 Å². The first kappa shape index (κ1) is 12.1. The van der Waals surface area contributed by atoms with Gasteiger partial charge in [-0.3, -0.25) is 10.4 Å². The Morgan fingerprint density at radius 3 is 2.70 bits per heavy atom. The third-order valence-corrected chi connectivity index (χ3v) is 2.87. The molecule has 5 heteroatoms. The number of nitrogens with two attached hydrogens (primary N) is 1. The average molecular weight is 264 g/mol. The zero-order valence-electron chi connectivity index (χ0n) is 10.6. The Labute approximate surface area is 115 Å². The van der Waals surface area contributed by atoms with Gasteiger partial charge in [0.15, 0.2) is 0 Å². The second-order valence-corrected chi connectivity index (χ2v) is 4.23. The van der Waals surface area contributed by atoms with Crippen molar-refractivity contribution in [1.82, 2.24) is 9.97 Å². The summed E-state index contributed by atoms with van der Waals surface area (Å²) in [6.07, 6.45) is 3.26. The standard InChI is InChI=1S/C15H12N4O/c16-15(17)10-6-7-14(19-9-10)20-13-5-1-4-12-11(13)3-2-8-18-12/h1-9H,(H3,16,17). The topological polar surface area (TPSA) is 84.9 Å². The van der Waals surface area contributed by atoms with Crippen LogP contribution >= 0.6 is 0 Å². The Balaban J connectivity index is 1.95. The van der Waals surface area contributed by atoms with Gasteiger partial charge in [-0.15, -0.1) is 0 Å². The van der Waals surface area contributed by atoms with E-state index in [1.165, 1.54) is 6.20 Å². The number of pyridine rings is 2. The monoisotopic (exact) mass is 264 g/mol. The van der Waals surface area contributed by atoms with Gasteiger partial charge < -0.3 is 10.5 Å². The Bertz CT molecular complexity index is 763. The summed E-state index contributed by atoms with van der Waals surface area (Å²) in [5.74, 6) is 1.13. The number of fused-ring (bicyclic) bond motifs is 1. The molecule has 2 aromatic heterocycles. The summed E-state index contributed by atoms with van der Waals surface area (Å²) < 4.78 is 5.76. The molecule has 0 unspecified atom stereocenters. The first-order valence-electron chi connectivity index (χ1n) is 6.06. The number of hydrogen-bond acceptors (Lipinski definition) is 4. The van der Waals surface area contributed by atoms with Gasteiger partial charge in [0.25, 0.3) is 0 Å². The van der Waals surface area contributed by atoms with Crippen LogP contribution in [-0.4, -0.2) is 15.8 Å². The molecule has 3 N–H and O–H groups in total. The van der Waals surface area contributed by atoms with Crippen LogP contribution in [0.15, 0.2) is 54.9 Å². The predicted molar refractivity (Wildman–Crippen MR) is 77.1 cm³/mol. The molecule has 20 heavy (non-hydrogen) atoms. The minimum atomic E-state index is -0.0154. The van der Waals surface area contributed by atoms with Gasteiger partial charge >= 0.3 is 0 Å². The lowest BCUT2D eigenvalue weighted by atomic mass is 10.2. The van der Waals surface area contributed by atoms with Gasteiger partial charge in [0.1, 0.15) is 11.6 Å². The SMILES string of the molecule is N=C(N)c1ccc(Oc2cccc3ncccc23)nc1. The van der Waals surface area contributed by atoms with Crippen LogP contribution in [0, 0.1) is 5.41 Å². The summed E-state index contributed by atoms with van der Waals surface area (Å²) in [7, 11) is 0. The Morgan fingerprint density at radius 1 is 1.05 bits per heavy atom. The highest BCUT2D eigenvalue weighted by Gasteiger charge is 2.05. The van der Waals surface area contributed by atoms with Crippen LogP contribution in [0.5, 0.6) is 11.6 Å². The van der Waals surface area contributed by atoms with E-state index in [4.69, 9.17) is 15.9 Å². The third kappa shape index (κ3) is 2.29. The molecule has 0 saturated heterocycles. The highest BCUT2D eigenvalue weighted by molar-refractivity contribution is 5.94. The smallest absolute Gasteiger partial charge is 0.219 e. The molecule has 0 aliphatic rings. The maximum Gasteiger partial charge on any atom is 0.219 e. The zero-order valence-corrected chi connectivity index (χ0v) is 10.6. The van der Waals surface area contributed by atoms with Crippen molar-refractivity contribution in [3.8, 4) is 11.6 Å². The molecule has 0 amide bonds. The molecule has 0 radical (unpaired) electrons. The number of nitrogens with zero attached hydrogens (tertiary/aromatic N) is 2. The lowest BCUT2D eigenvalue weighted by Crippen LogP contribution is -2.11. The van der Waals surface area contributed by atoms with Crippen LogP contribution in [0.1, 0.15) is 5.56 Å². The summed E-state index contributed by atoms with van der Waals surface area (Å²) in [6.45, 7) is 0. The highest BCUT2D eigenvalue weighted by Crippen LogP contribution is 2.27. The lowest BCUT2D eigenvalue weighted by Gasteiger charge is -2.08. The largest absolute Gasteiger partial charge is 0.438 e. The number of hydrogen-bond donors (Lipinski definition) is 2. The number of nitrogens with one attached hydrogen (secondary N) is 1. The van der Waals surface area contributed by atoms with Crippen LogP contribution in [0.4, 0.5) is 0 Å². The van der Waals surface area contributed by atoms with Crippen LogP contribution in [0.3, 0.4) is 0 Å². The molecule has 0 spiro atoms. The number of rotatable bonds is 3. The molecule has 0 aliphatic heterocycles. The summed E-state index contributed by atoms with van der Waals surface area (Å²) >= 11 is 0. The van der Waals surface area contributed by atoms with Crippen molar-refractivity contribution in [1.29, 1.82) is 5.41 Å². The molecule has 1 aromatic carbocycles. The molecular weight excluding hydrogens is 252 g/mol. The quantitative estimate of drug-likeness (QED) is 0.562. The molecule has 98 valence electrons. The number of amidine groups is 1. The van der Waals surface area contributed by atoms with Crippen molar-refractivity contribution in [3.63, 3.8) is 0 Å². The molecule has 0 atom stereocenters. The van der Waals surface area contributed by atoms with Crippen molar-refractivity contribution in [2.24, 2.45) is 5.73 Å². The average Bonchev–Trinajstić information content (AvgIpc) is 2.48. The van der Waals surface area contributed by atoms with Gasteiger partial charge in [-0.25, -0.2) is 4.98 Å². The molecule has 0 fully saturated rings. The second-order valence-electron chi connectivity index (χ2n) is 4.23. The van der Waals surface area contributed by atoms with Crippen LogP contribution in [-0.2, 0) is 0 Å². The third-order valence-electron chi connectivity index (χ3n) is 2.87. The van der Waals surface area contributed by atoms with Crippen molar-refractivity contribution in [3.05, 3.63) is 60.4 Å². The van der Waals surface area contributed by atoms with E-state index in [1.54, 1.807) is 18.3 Å². The first-order valence-corrected chi connectivity index (χ1v) is 6.06. The van der Waals surface area contributed by atoms with Crippen molar-refractivity contribution >= 4 is 16.7 Å². The number of benzene rings is 1. The van der Waals surface area contributed by atoms with E-state index in [0.717, 1.165) is 10.9 Å². The summed E-state index contributed by atoms with van der Waals surface area (Å²) in [5, 5.41) is 8.25. The Morgan fingerprint density at radius 2 is 1.95 bits per heavy atom. The van der Waals surface area contributed by atoms with Gasteiger partial charge in [-0.1, -0.05) is 6.07 Å². The van der Waals surface area contributed by atoms with Gasteiger partial charge in [-0.05, 0) is 30.3 Å². The minimum absolute atomic E-state index is 0.0154. The van der Waals surface area contributed by atoms with E-state index in [1.807, 2.05) is 30.3 Å². The van der Waals surface area contributed by atoms with E-state index >= 15 is 0 Å². The molecule has 3 rings (SSSR count). The molecule has 0 bridgehead atoms. The minimum Gasteiger partial charge on any atom is -0.438 e. The molecule has 0 saturated carbocycles. The van der Waals surface area contributed by atoms with E-state index in [0.29, 0.717) is 17.2 Å². The number of aromatic nitrogens is 2. The number of ether oxygens (including phenoxy) is 1.